The Kier molecular flexibility index (Phi) is 9.68. The van der Waals surface area contributed by atoms with E-state index in [2.05, 4.69) is 37.6 Å². The topological polar surface area (TPSA) is 96.9 Å². The Bertz CT molecular complexity index is 1160. The third-order valence-corrected chi connectivity index (χ3v) is 6.29. The maximum atomic E-state index is 13.1. The van der Waals surface area contributed by atoms with E-state index in [4.69, 9.17) is 19.2 Å². The molecule has 3 rings (SSSR count). The lowest BCUT2D eigenvalue weighted by atomic mass is 10.1. The molecule has 0 radical (unpaired) electrons. The van der Waals surface area contributed by atoms with Crippen LogP contribution in [-0.4, -0.2) is 66.6 Å². The Morgan fingerprint density at radius 3 is 2.46 bits per heavy atom. The molecular weight excluding hydrogens is 466 g/mol. The summed E-state index contributed by atoms with van der Waals surface area (Å²) in [6.45, 7) is 11.0. The molecule has 0 amide bonds. The molecule has 0 fully saturated rings. The molecule has 8 nitrogen and oxygen atoms in total. The fourth-order valence-corrected chi connectivity index (χ4v) is 4.97. The maximum Gasteiger partial charge on any atom is 0.260 e. The molecule has 1 aromatic carbocycles. The number of aliphatic hydroxyl groups excluding tert-OH is 1. The lowest BCUT2D eigenvalue weighted by Gasteiger charge is -2.26. The van der Waals surface area contributed by atoms with E-state index in [1.165, 1.54) is 11.3 Å². The summed E-state index contributed by atoms with van der Waals surface area (Å²) < 4.78 is 16.3. The Labute approximate surface area is 210 Å². The summed E-state index contributed by atoms with van der Waals surface area (Å²) in [5.41, 5.74) is 1.49. The van der Waals surface area contributed by atoms with Crippen LogP contribution in [0.3, 0.4) is 0 Å². The van der Waals surface area contributed by atoms with E-state index >= 15 is 0 Å². The molecule has 0 saturated carbocycles. The van der Waals surface area contributed by atoms with Crippen LogP contribution in [0.5, 0.6) is 11.5 Å². The summed E-state index contributed by atoms with van der Waals surface area (Å²) in [6, 6.07) is 5.59. The molecule has 0 unspecified atom stereocenters. The van der Waals surface area contributed by atoms with Gasteiger partial charge in [0.1, 0.15) is 10.7 Å². The van der Waals surface area contributed by atoms with Crippen LogP contribution in [0.4, 0.5) is 0 Å². The number of benzene rings is 1. The van der Waals surface area contributed by atoms with Crippen LogP contribution in [0.1, 0.15) is 33.5 Å². The SMILES string of the molecule is COc1ccc(-c2csc3nc(CN(CC(C)C)C[C@@H](O)COCC(C)C)[nH]c(=O)c23)cc1OC. The number of H-pyrrole nitrogens is 1. The highest BCUT2D eigenvalue weighted by atomic mass is 32.1. The first kappa shape index (κ1) is 27.1. The molecule has 2 N–H and O–H groups in total. The molecule has 192 valence electrons. The van der Waals surface area contributed by atoms with Crippen molar-refractivity contribution in [2.45, 2.75) is 40.3 Å². The number of rotatable bonds is 13. The summed E-state index contributed by atoms with van der Waals surface area (Å²) in [5.74, 6) is 2.63. The molecule has 0 aliphatic heterocycles. The predicted molar refractivity (Wildman–Crippen MR) is 141 cm³/mol. The Hall–Kier alpha value is -2.46. The van der Waals surface area contributed by atoms with Crippen LogP contribution >= 0.6 is 11.3 Å². The van der Waals surface area contributed by atoms with Crippen LogP contribution in [-0.2, 0) is 11.3 Å². The molecule has 0 aliphatic rings. The van der Waals surface area contributed by atoms with E-state index < -0.39 is 6.10 Å². The zero-order valence-electron chi connectivity index (χ0n) is 21.5. The Morgan fingerprint density at radius 1 is 1.06 bits per heavy atom. The van der Waals surface area contributed by atoms with Crippen molar-refractivity contribution in [3.05, 3.63) is 39.8 Å². The zero-order valence-corrected chi connectivity index (χ0v) is 22.3. The van der Waals surface area contributed by atoms with Gasteiger partial charge in [-0.25, -0.2) is 4.98 Å². The summed E-state index contributed by atoms with van der Waals surface area (Å²) in [4.78, 5) is 23.6. The molecule has 0 spiro atoms. The van der Waals surface area contributed by atoms with Gasteiger partial charge in [0.25, 0.3) is 5.56 Å². The monoisotopic (exact) mass is 503 g/mol. The molecule has 2 heterocycles. The molecule has 3 aromatic rings. The molecule has 9 heteroatoms. The molecule has 1 atom stereocenters. The van der Waals surface area contributed by atoms with Crippen molar-refractivity contribution in [3.8, 4) is 22.6 Å². The van der Waals surface area contributed by atoms with Crippen molar-refractivity contribution in [2.75, 3.05) is 40.5 Å². The number of methoxy groups -OCH3 is 2. The van der Waals surface area contributed by atoms with Crippen molar-refractivity contribution < 1.29 is 19.3 Å². The molecule has 35 heavy (non-hydrogen) atoms. The van der Waals surface area contributed by atoms with Crippen molar-refractivity contribution >= 4 is 21.6 Å². The number of hydrogen-bond acceptors (Lipinski definition) is 8. The van der Waals surface area contributed by atoms with E-state index in [0.717, 1.165) is 17.7 Å². The number of fused-ring (bicyclic) bond motifs is 1. The van der Waals surface area contributed by atoms with E-state index in [-0.39, 0.29) is 12.2 Å². The van der Waals surface area contributed by atoms with Crippen LogP contribution in [0.25, 0.3) is 21.3 Å². The van der Waals surface area contributed by atoms with Gasteiger partial charge >= 0.3 is 0 Å². The van der Waals surface area contributed by atoms with Gasteiger partial charge in [0, 0.05) is 30.6 Å². The van der Waals surface area contributed by atoms with Gasteiger partial charge in [-0.3, -0.25) is 9.69 Å². The minimum atomic E-state index is -0.610. The van der Waals surface area contributed by atoms with Gasteiger partial charge in [-0.05, 0) is 29.5 Å². The summed E-state index contributed by atoms with van der Waals surface area (Å²) >= 11 is 1.44. The fraction of sp³-hybridized carbons (Fsp3) is 0.538. The van der Waals surface area contributed by atoms with Gasteiger partial charge in [-0.15, -0.1) is 11.3 Å². The number of nitrogens with one attached hydrogen (secondary N) is 1. The van der Waals surface area contributed by atoms with Gasteiger partial charge in [0.2, 0.25) is 0 Å². The lowest BCUT2D eigenvalue weighted by Crippen LogP contribution is -2.37. The van der Waals surface area contributed by atoms with Gasteiger partial charge < -0.3 is 24.3 Å². The number of aliphatic hydroxyl groups is 1. The van der Waals surface area contributed by atoms with Gasteiger partial charge in [0.15, 0.2) is 11.5 Å². The molecule has 0 aliphatic carbocycles. The number of aromatic amines is 1. The quantitative estimate of drug-likeness (QED) is 0.361. The van der Waals surface area contributed by atoms with Gasteiger partial charge in [-0.1, -0.05) is 33.8 Å². The third-order valence-electron chi connectivity index (χ3n) is 5.41. The second kappa shape index (κ2) is 12.5. The Morgan fingerprint density at radius 2 is 1.80 bits per heavy atom. The smallest absolute Gasteiger partial charge is 0.260 e. The highest BCUT2D eigenvalue weighted by Crippen LogP contribution is 2.36. The van der Waals surface area contributed by atoms with Gasteiger partial charge in [-0.2, -0.15) is 0 Å². The largest absolute Gasteiger partial charge is 0.493 e. The van der Waals surface area contributed by atoms with Crippen LogP contribution < -0.4 is 15.0 Å². The lowest BCUT2D eigenvalue weighted by molar-refractivity contribution is 0.00485. The normalized spacial score (nSPS) is 12.7. The second-order valence-electron chi connectivity index (χ2n) is 9.58. The first-order valence-electron chi connectivity index (χ1n) is 11.9. The number of thiophene rings is 1. The average molecular weight is 504 g/mol. The highest BCUT2D eigenvalue weighted by Gasteiger charge is 2.18. The zero-order chi connectivity index (χ0) is 25.5. The van der Waals surface area contributed by atoms with E-state index in [1.54, 1.807) is 14.2 Å². The van der Waals surface area contributed by atoms with E-state index in [9.17, 15) is 9.90 Å². The van der Waals surface area contributed by atoms with E-state index in [1.807, 2.05) is 23.6 Å². The molecule has 2 aromatic heterocycles. The summed E-state index contributed by atoms with van der Waals surface area (Å²) in [5, 5.41) is 13.0. The second-order valence-corrected chi connectivity index (χ2v) is 10.4. The van der Waals surface area contributed by atoms with Crippen molar-refractivity contribution in [2.24, 2.45) is 11.8 Å². The van der Waals surface area contributed by atoms with Crippen molar-refractivity contribution in [1.29, 1.82) is 0 Å². The van der Waals surface area contributed by atoms with Gasteiger partial charge in [0.05, 0.1) is 38.9 Å². The minimum absolute atomic E-state index is 0.179. The molecule has 0 bridgehead atoms. The fourth-order valence-electron chi connectivity index (χ4n) is 4.01. The van der Waals surface area contributed by atoms with Crippen LogP contribution in [0, 0.1) is 11.8 Å². The first-order valence-corrected chi connectivity index (χ1v) is 12.8. The number of aromatic nitrogens is 2. The molecule has 0 saturated heterocycles. The standard InChI is InChI=1S/C26H37N3O5S/c1-16(2)10-29(11-19(30)14-34-13-17(3)4)12-23-27-25(31)24-20(15-35-26(24)28-23)18-7-8-21(32-5)22(9-18)33-6/h7-9,15-17,19,30H,10-14H2,1-6H3,(H,27,28,31)/t19-/m1/s1. The first-order chi connectivity index (χ1) is 16.7. The Balaban J connectivity index is 1.82. The van der Waals surface area contributed by atoms with Crippen LogP contribution in [0.2, 0.25) is 0 Å². The van der Waals surface area contributed by atoms with Crippen molar-refractivity contribution in [1.82, 2.24) is 14.9 Å². The minimum Gasteiger partial charge on any atom is -0.493 e. The van der Waals surface area contributed by atoms with E-state index in [0.29, 0.717) is 59.1 Å². The van der Waals surface area contributed by atoms with Crippen LogP contribution in [0.15, 0.2) is 28.4 Å². The third kappa shape index (κ3) is 7.27. The average Bonchev–Trinajstić information content (AvgIpc) is 3.22. The number of nitrogens with zero attached hydrogens (tertiary/aromatic N) is 2. The number of hydrogen-bond donors (Lipinski definition) is 2. The molecular formula is C26H37N3O5S. The number of ether oxygens (including phenoxy) is 3. The maximum absolute atomic E-state index is 13.1. The summed E-state index contributed by atoms with van der Waals surface area (Å²) in [6.07, 6.45) is -0.610. The predicted octanol–water partition coefficient (Wildman–Crippen LogP) is 4.16. The summed E-state index contributed by atoms with van der Waals surface area (Å²) in [7, 11) is 3.18. The highest BCUT2D eigenvalue weighted by molar-refractivity contribution is 7.17. The van der Waals surface area contributed by atoms with Crippen molar-refractivity contribution in [3.63, 3.8) is 0 Å².